The molecule has 0 saturated carbocycles. The van der Waals surface area contributed by atoms with E-state index in [9.17, 15) is 4.39 Å². The van der Waals surface area contributed by atoms with Gasteiger partial charge < -0.3 is 5.73 Å². The van der Waals surface area contributed by atoms with E-state index in [2.05, 4.69) is 18.7 Å². The van der Waals surface area contributed by atoms with Crippen LogP contribution < -0.4 is 5.73 Å². The summed E-state index contributed by atoms with van der Waals surface area (Å²) >= 11 is 0. The van der Waals surface area contributed by atoms with Crippen molar-refractivity contribution in [3.8, 4) is 0 Å². The van der Waals surface area contributed by atoms with Crippen molar-refractivity contribution in [1.29, 1.82) is 0 Å². The highest BCUT2D eigenvalue weighted by Gasteiger charge is 2.30. The van der Waals surface area contributed by atoms with Crippen LogP contribution in [0.2, 0.25) is 0 Å². The summed E-state index contributed by atoms with van der Waals surface area (Å²) in [7, 11) is 0. The molecule has 0 amide bonds. The van der Waals surface area contributed by atoms with Gasteiger partial charge in [0, 0.05) is 25.2 Å². The van der Waals surface area contributed by atoms with Crippen molar-refractivity contribution in [1.82, 2.24) is 4.90 Å². The van der Waals surface area contributed by atoms with E-state index >= 15 is 0 Å². The van der Waals surface area contributed by atoms with E-state index in [1.807, 2.05) is 0 Å². The van der Waals surface area contributed by atoms with Crippen LogP contribution in [-0.2, 0) is 0 Å². The quantitative estimate of drug-likeness (QED) is 0.579. The van der Waals surface area contributed by atoms with Crippen molar-refractivity contribution in [3.05, 3.63) is 0 Å². The first-order valence-electron chi connectivity index (χ1n) is 3.75. The SMILES string of the molecule is CC(C)N1C[C@@H](N)[C@H](F)C1. The van der Waals surface area contributed by atoms with E-state index in [4.69, 9.17) is 5.73 Å². The Kier molecular flexibility index (Phi) is 2.26. The number of hydrogen-bond donors (Lipinski definition) is 1. The predicted octanol–water partition coefficient (Wildman–Crippen LogP) is 0.376. The van der Waals surface area contributed by atoms with Crippen LogP contribution in [0, 0.1) is 0 Å². The van der Waals surface area contributed by atoms with Gasteiger partial charge in [-0.3, -0.25) is 4.90 Å². The summed E-state index contributed by atoms with van der Waals surface area (Å²) in [5.41, 5.74) is 5.49. The summed E-state index contributed by atoms with van der Waals surface area (Å²) in [5.74, 6) is 0. The molecule has 0 aromatic rings. The minimum absolute atomic E-state index is 0.262. The van der Waals surface area contributed by atoms with Crippen molar-refractivity contribution in [3.63, 3.8) is 0 Å². The van der Waals surface area contributed by atoms with Crippen LogP contribution >= 0.6 is 0 Å². The van der Waals surface area contributed by atoms with Gasteiger partial charge >= 0.3 is 0 Å². The van der Waals surface area contributed by atoms with Crippen LogP contribution in [0.4, 0.5) is 4.39 Å². The van der Waals surface area contributed by atoms with Gasteiger partial charge in [0.2, 0.25) is 0 Å². The van der Waals surface area contributed by atoms with E-state index in [0.717, 1.165) is 0 Å². The van der Waals surface area contributed by atoms with Gasteiger partial charge in [-0.15, -0.1) is 0 Å². The fourth-order valence-electron chi connectivity index (χ4n) is 1.24. The van der Waals surface area contributed by atoms with E-state index in [-0.39, 0.29) is 6.04 Å². The molecular formula is C7H15FN2. The first-order chi connectivity index (χ1) is 4.61. The van der Waals surface area contributed by atoms with Gasteiger partial charge in [-0.1, -0.05) is 0 Å². The zero-order chi connectivity index (χ0) is 7.72. The van der Waals surface area contributed by atoms with Crippen LogP contribution in [0.5, 0.6) is 0 Å². The molecule has 0 spiro atoms. The predicted molar refractivity (Wildman–Crippen MR) is 39.6 cm³/mol. The molecule has 0 unspecified atom stereocenters. The molecule has 3 heteroatoms. The highest BCUT2D eigenvalue weighted by molar-refractivity contribution is 4.87. The third-order valence-electron chi connectivity index (χ3n) is 2.05. The maximum atomic E-state index is 12.8. The molecule has 1 saturated heterocycles. The average molecular weight is 146 g/mol. The number of halogens is 1. The van der Waals surface area contributed by atoms with Crippen molar-refractivity contribution in [2.24, 2.45) is 5.73 Å². The number of hydrogen-bond acceptors (Lipinski definition) is 2. The van der Waals surface area contributed by atoms with Gasteiger partial charge in [0.15, 0.2) is 0 Å². The van der Waals surface area contributed by atoms with E-state index in [0.29, 0.717) is 19.1 Å². The number of alkyl halides is 1. The molecule has 2 N–H and O–H groups in total. The summed E-state index contributed by atoms with van der Waals surface area (Å²) in [5, 5.41) is 0. The van der Waals surface area contributed by atoms with Gasteiger partial charge in [-0.25, -0.2) is 4.39 Å². The first kappa shape index (κ1) is 7.95. The molecule has 2 atom stereocenters. The molecule has 1 heterocycles. The Balaban J connectivity index is 2.41. The summed E-state index contributed by atoms with van der Waals surface area (Å²) in [6, 6.07) is 0.161. The molecule has 1 rings (SSSR count). The smallest absolute Gasteiger partial charge is 0.129 e. The van der Waals surface area contributed by atoms with Gasteiger partial charge in [0.25, 0.3) is 0 Å². The minimum Gasteiger partial charge on any atom is -0.324 e. The number of rotatable bonds is 1. The van der Waals surface area contributed by atoms with Crippen molar-refractivity contribution >= 4 is 0 Å². The Bertz CT molecular complexity index is 106. The lowest BCUT2D eigenvalue weighted by Crippen LogP contribution is -2.32. The van der Waals surface area contributed by atoms with Gasteiger partial charge in [-0.05, 0) is 13.8 Å². The maximum absolute atomic E-state index is 12.8. The van der Waals surface area contributed by atoms with Gasteiger partial charge in [0.05, 0.1) is 0 Å². The topological polar surface area (TPSA) is 29.3 Å². The largest absolute Gasteiger partial charge is 0.324 e. The number of nitrogens with zero attached hydrogens (tertiary/aromatic N) is 1. The Morgan fingerprint density at radius 3 is 2.30 bits per heavy atom. The molecule has 2 nitrogen and oxygen atoms in total. The third kappa shape index (κ3) is 1.47. The van der Waals surface area contributed by atoms with E-state index < -0.39 is 6.17 Å². The second-order valence-electron chi connectivity index (χ2n) is 3.23. The molecule has 10 heavy (non-hydrogen) atoms. The Labute approximate surface area is 61.2 Å². The van der Waals surface area contributed by atoms with Crippen molar-refractivity contribution in [2.45, 2.75) is 32.1 Å². The number of nitrogens with two attached hydrogens (primary N) is 1. The maximum Gasteiger partial charge on any atom is 0.129 e. The monoisotopic (exact) mass is 146 g/mol. The summed E-state index contributed by atoms with van der Waals surface area (Å²) < 4.78 is 12.8. The van der Waals surface area contributed by atoms with Crippen molar-refractivity contribution < 1.29 is 4.39 Å². The Hall–Kier alpha value is -0.150. The standard InChI is InChI=1S/C7H15FN2/c1-5(2)10-3-6(8)7(9)4-10/h5-7H,3-4,9H2,1-2H3/t6-,7-/m1/s1. The van der Waals surface area contributed by atoms with E-state index in [1.165, 1.54) is 0 Å². The molecule has 0 aliphatic carbocycles. The molecule has 1 aliphatic rings. The lowest BCUT2D eigenvalue weighted by Gasteiger charge is -2.18. The fraction of sp³-hybridized carbons (Fsp3) is 1.00. The highest BCUT2D eigenvalue weighted by Crippen LogP contribution is 2.13. The van der Waals surface area contributed by atoms with Crippen LogP contribution in [0.25, 0.3) is 0 Å². The molecule has 0 aromatic carbocycles. The first-order valence-corrected chi connectivity index (χ1v) is 3.75. The average Bonchev–Trinajstić information content (AvgIpc) is 2.13. The highest BCUT2D eigenvalue weighted by atomic mass is 19.1. The molecular weight excluding hydrogens is 131 g/mol. The molecule has 0 bridgehead atoms. The Morgan fingerprint density at radius 2 is 2.10 bits per heavy atom. The van der Waals surface area contributed by atoms with Gasteiger partial charge in [-0.2, -0.15) is 0 Å². The zero-order valence-corrected chi connectivity index (χ0v) is 6.55. The fourth-order valence-corrected chi connectivity index (χ4v) is 1.24. The molecule has 1 aliphatic heterocycles. The van der Waals surface area contributed by atoms with Crippen LogP contribution in [0.1, 0.15) is 13.8 Å². The van der Waals surface area contributed by atoms with Gasteiger partial charge in [0.1, 0.15) is 6.17 Å². The molecule has 1 fully saturated rings. The van der Waals surface area contributed by atoms with Crippen LogP contribution in [0.3, 0.4) is 0 Å². The van der Waals surface area contributed by atoms with Crippen molar-refractivity contribution in [2.75, 3.05) is 13.1 Å². The van der Waals surface area contributed by atoms with Crippen LogP contribution in [0.15, 0.2) is 0 Å². The second-order valence-corrected chi connectivity index (χ2v) is 3.23. The zero-order valence-electron chi connectivity index (χ0n) is 6.55. The summed E-state index contributed by atoms with van der Waals surface area (Å²) in [4.78, 5) is 2.06. The lowest BCUT2D eigenvalue weighted by atomic mass is 10.2. The lowest BCUT2D eigenvalue weighted by molar-refractivity contribution is 0.245. The minimum atomic E-state index is -0.817. The molecule has 0 aromatic heterocycles. The second kappa shape index (κ2) is 2.84. The Morgan fingerprint density at radius 1 is 1.50 bits per heavy atom. The molecule has 0 radical (unpaired) electrons. The van der Waals surface area contributed by atoms with Crippen LogP contribution in [-0.4, -0.2) is 36.2 Å². The van der Waals surface area contributed by atoms with E-state index in [1.54, 1.807) is 0 Å². The summed E-state index contributed by atoms with van der Waals surface area (Å²) in [6.45, 7) is 5.34. The molecule has 60 valence electrons. The number of likely N-dealkylation sites (tertiary alicyclic amines) is 1. The third-order valence-corrected chi connectivity index (χ3v) is 2.05. The normalized spacial score (nSPS) is 35.7. The summed E-state index contributed by atoms with van der Waals surface area (Å²) in [6.07, 6.45) is -0.817.